The zero-order valence-electron chi connectivity index (χ0n) is 8.37. The van der Waals surface area contributed by atoms with Gasteiger partial charge >= 0.3 is 0 Å². The molecule has 1 amide bonds. The van der Waals surface area contributed by atoms with Crippen LogP contribution < -0.4 is 16.8 Å². The summed E-state index contributed by atoms with van der Waals surface area (Å²) in [6.45, 7) is 2.67. The van der Waals surface area contributed by atoms with Gasteiger partial charge in [0.25, 0.3) is 0 Å². The Morgan fingerprint density at radius 2 is 2.29 bits per heavy atom. The van der Waals surface area contributed by atoms with E-state index < -0.39 is 11.9 Å². The third-order valence-electron chi connectivity index (χ3n) is 2.20. The average Bonchev–Trinajstić information content (AvgIpc) is 2.94. The lowest BCUT2D eigenvalue weighted by Gasteiger charge is -2.09. The molecule has 0 heterocycles. The van der Waals surface area contributed by atoms with E-state index in [0.29, 0.717) is 19.7 Å². The van der Waals surface area contributed by atoms with E-state index in [9.17, 15) is 4.79 Å². The second-order valence-corrected chi connectivity index (χ2v) is 3.73. The van der Waals surface area contributed by atoms with Crippen molar-refractivity contribution in [3.05, 3.63) is 0 Å². The molecule has 0 saturated heterocycles. The summed E-state index contributed by atoms with van der Waals surface area (Å²) >= 11 is 0. The molecule has 0 aliphatic heterocycles. The van der Waals surface area contributed by atoms with Crippen molar-refractivity contribution in [1.29, 1.82) is 0 Å². The maximum atomic E-state index is 10.5. The molecule has 0 aromatic rings. The van der Waals surface area contributed by atoms with E-state index in [1.807, 2.05) is 0 Å². The number of hydrogen-bond acceptors (Lipinski definition) is 4. The number of nitrogens with two attached hydrogens (primary N) is 2. The standard InChI is InChI=1S/C9H19N3O2/c10-8(9(11)13)5-12-3-4-14-6-7-1-2-7/h7-8,12H,1-6,10H2,(H2,11,13). The van der Waals surface area contributed by atoms with Gasteiger partial charge in [0.1, 0.15) is 0 Å². The molecular weight excluding hydrogens is 182 g/mol. The molecule has 5 N–H and O–H groups in total. The minimum atomic E-state index is -0.599. The summed E-state index contributed by atoms with van der Waals surface area (Å²) < 4.78 is 5.38. The number of carbonyl (C=O) groups excluding carboxylic acids is 1. The first-order valence-corrected chi connectivity index (χ1v) is 5.03. The van der Waals surface area contributed by atoms with Gasteiger partial charge in [0.15, 0.2) is 0 Å². The smallest absolute Gasteiger partial charge is 0.235 e. The van der Waals surface area contributed by atoms with E-state index in [4.69, 9.17) is 16.2 Å². The van der Waals surface area contributed by atoms with E-state index in [0.717, 1.165) is 12.5 Å². The van der Waals surface area contributed by atoms with Crippen LogP contribution in [-0.4, -0.2) is 38.3 Å². The fourth-order valence-electron chi connectivity index (χ4n) is 1.04. The fourth-order valence-corrected chi connectivity index (χ4v) is 1.04. The van der Waals surface area contributed by atoms with Gasteiger partial charge in [0.2, 0.25) is 5.91 Å². The van der Waals surface area contributed by atoms with Gasteiger partial charge in [-0.3, -0.25) is 4.79 Å². The zero-order chi connectivity index (χ0) is 10.4. The topological polar surface area (TPSA) is 90.4 Å². The molecule has 5 heteroatoms. The molecule has 82 valence electrons. The van der Waals surface area contributed by atoms with Crippen LogP contribution in [0.2, 0.25) is 0 Å². The SMILES string of the molecule is NC(=O)C(N)CNCCOCC1CC1. The van der Waals surface area contributed by atoms with Crippen molar-refractivity contribution in [1.82, 2.24) is 5.32 Å². The highest BCUT2D eigenvalue weighted by atomic mass is 16.5. The monoisotopic (exact) mass is 201 g/mol. The van der Waals surface area contributed by atoms with E-state index in [-0.39, 0.29) is 0 Å². The van der Waals surface area contributed by atoms with Crippen molar-refractivity contribution in [2.24, 2.45) is 17.4 Å². The number of nitrogens with one attached hydrogen (secondary N) is 1. The molecule has 1 fully saturated rings. The van der Waals surface area contributed by atoms with Crippen LogP contribution in [0.3, 0.4) is 0 Å². The summed E-state index contributed by atoms with van der Waals surface area (Å²) in [5.41, 5.74) is 10.4. The summed E-state index contributed by atoms with van der Waals surface area (Å²) in [7, 11) is 0. The molecular formula is C9H19N3O2. The molecule has 5 nitrogen and oxygen atoms in total. The predicted octanol–water partition coefficient (Wildman–Crippen LogP) is -1.18. The molecule has 0 radical (unpaired) electrons. The van der Waals surface area contributed by atoms with Crippen LogP contribution in [0.5, 0.6) is 0 Å². The normalized spacial score (nSPS) is 18.1. The van der Waals surface area contributed by atoms with Crippen LogP contribution in [0.1, 0.15) is 12.8 Å². The number of amides is 1. The molecule has 1 rings (SSSR count). The lowest BCUT2D eigenvalue weighted by atomic mass is 10.3. The number of rotatable bonds is 8. The molecule has 0 bridgehead atoms. The van der Waals surface area contributed by atoms with Crippen molar-refractivity contribution in [2.45, 2.75) is 18.9 Å². The first-order chi connectivity index (χ1) is 6.70. The molecule has 0 aromatic carbocycles. The number of carbonyl (C=O) groups is 1. The summed E-state index contributed by atoms with van der Waals surface area (Å²) in [6, 6.07) is -0.599. The van der Waals surface area contributed by atoms with Crippen LogP contribution in [-0.2, 0) is 9.53 Å². The largest absolute Gasteiger partial charge is 0.380 e. The second kappa shape index (κ2) is 5.95. The van der Waals surface area contributed by atoms with E-state index >= 15 is 0 Å². The molecule has 1 aliphatic carbocycles. The Balaban J connectivity index is 1.80. The second-order valence-electron chi connectivity index (χ2n) is 3.73. The van der Waals surface area contributed by atoms with Gasteiger partial charge in [-0.05, 0) is 18.8 Å². The van der Waals surface area contributed by atoms with Crippen molar-refractivity contribution < 1.29 is 9.53 Å². The van der Waals surface area contributed by atoms with Gasteiger partial charge in [-0.25, -0.2) is 0 Å². The van der Waals surface area contributed by atoms with E-state index in [1.54, 1.807) is 0 Å². The Labute approximate surface area is 84.2 Å². The fraction of sp³-hybridized carbons (Fsp3) is 0.889. The Bertz CT molecular complexity index is 183. The molecule has 14 heavy (non-hydrogen) atoms. The number of primary amides is 1. The highest BCUT2D eigenvalue weighted by Gasteiger charge is 2.20. The van der Waals surface area contributed by atoms with Crippen LogP contribution in [0.25, 0.3) is 0 Å². The zero-order valence-corrected chi connectivity index (χ0v) is 8.37. The van der Waals surface area contributed by atoms with E-state index in [1.165, 1.54) is 12.8 Å². The van der Waals surface area contributed by atoms with Crippen molar-refractivity contribution >= 4 is 5.91 Å². The van der Waals surface area contributed by atoms with Gasteiger partial charge in [0, 0.05) is 19.7 Å². The maximum Gasteiger partial charge on any atom is 0.235 e. The molecule has 1 saturated carbocycles. The summed E-state index contributed by atoms with van der Waals surface area (Å²) in [5.74, 6) is 0.319. The van der Waals surface area contributed by atoms with Crippen LogP contribution in [0.15, 0.2) is 0 Å². The lowest BCUT2D eigenvalue weighted by molar-refractivity contribution is -0.119. The maximum absolute atomic E-state index is 10.5. The van der Waals surface area contributed by atoms with Gasteiger partial charge in [-0.1, -0.05) is 0 Å². The third-order valence-corrected chi connectivity index (χ3v) is 2.20. The molecule has 1 unspecified atom stereocenters. The van der Waals surface area contributed by atoms with Crippen LogP contribution in [0.4, 0.5) is 0 Å². The summed E-state index contributed by atoms with van der Waals surface area (Å²) in [4.78, 5) is 10.5. The van der Waals surface area contributed by atoms with Gasteiger partial charge in [-0.2, -0.15) is 0 Å². The lowest BCUT2D eigenvalue weighted by Crippen LogP contribution is -2.44. The number of hydrogen-bond donors (Lipinski definition) is 3. The Morgan fingerprint density at radius 3 is 2.86 bits per heavy atom. The minimum absolute atomic E-state index is 0.419. The molecule has 1 aliphatic rings. The van der Waals surface area contributed by atoms with Crippen molar-refractivity contribution in [2.75, 3.05) is 26.3 Å². The number of ether oxygens (including phenoxy) is 1. The average molecular weight is 201 g/mol. The summed E-state index contributed by atoms with van der Waals surface area (Å²) in [6.07, 6.45) is 2.61. The highest BCUT2D eigenvalue weighted by molar-refractivity contribution is 5.79. The van der Waals surface area contributed by atoms with Gasteiger partial charge < -0.3 is 21.5 Å². The molecule has 0 spiro atoms. The molecule has 0 aromatic heterocycles. The summed E-state index contributed by atoms with van der Waals surface area (Å²) in [5, 5.41) is 3.01. The first-order valence-electron chi connectivity index (χ1n) is 5.03. The highest BCUT2D eigenvalue weighted by Crippen LogP contribution is 2.28. The van der Waals surface area contributed by atoms with Crippen LogP contribution in [0, 0.1) is 5.92 Å². The molecule has 1 atom stereocenters. The Hall–Kier alpha value is -0.650. The van der Waals surface area contributed by atoms with Crippen molar-refractivity contribution in [3.8, 4) is 0 Å². The van der Waals surface area contributed by atoms with Gasteiger partial charge in [0.05, 0.1) is 12.6 Å². The van der Waals surface area contributed by atoms with Crippen LogP contribution >= 0.6 is 0 Å². The van der Waals surface area contributed by atoms with Gasteiger partial charge in [-0.15, -0.1) is 0 Å². The Kier molecular flexibility index (Phi) is 4.86. The van der Waals surface area contributed by atoms with Crippen molar-refractivity contribution in [3.63, 3.8) is 0 Å². The predicted molar refractivity (Wildman–Crippen MR) is 53.6 cm³/mol. The third kappa shape index (κ3) is 5.16. The quantitative estimate of drug-likeness (QED) is 0.431. The van der Waals surface area contributed by atoms with E-state index in [2.05, 4.69) is 5.32 Å². The first kappa shape index (κ1) is 11.4. The minimum Gasteiger partial charge on any atom is -0.380 e. The Morgan fingerprint density at radius 1 is 1.57 bits per heavy atom.